The third-order valence-electron chi connectivity index (χ3n) is 4.73. The zero-order valence-electron chi connectivity index (χ0n) is 14.7. The number of carbonyl (C=O) groups excluding carboxylic acids is 1. The van der Waals surface area contributed by atoms with E-state index in [0.717, 1.165) is 57.1 Å². The fraction of sp³-hybridized carbons (Fsp3) is 0.474. The summed E-state index contributed by atoms with van der Waals surface area (Å²) in [5, 5.41) is 5.44. The van der Waals surface area contributed by atoms with Gasteiger partial charge in [-0.05, 0) is 42.5 Å². The molecule has 2 heterocycles. The van der Waals surface area contributed by atoms with Gasteiger partial charge in [0.25, 0.3) is 5.91 Å². The normalized spacial score (nSPS) is 17.1. The monoisotopic (exact) mass is 373 g/mol. The summed E-state index contributed by atoms with van der Waals surface area (Å²) in [6.45, 7) is 4.18. The van der Waals surface area contributed by atoms with Crippen LogP contribution in [-0.4, -0.2) is 48.7 Å². The molecule has 1 saturated heterocycles. The van der Waals surface area contributed by atoms with Crippen molar-refractivity contribution in [3.8, 4) is 5.75 Å². The van der Waals surface area contributed by atoms with Crippen molar-refractivity contribution in [2.75, 3.05) is 38.2 Å². The van der Waals surface area contributed by atoms with Gasteiger partial charge in [-0.3, -0.25) is 15.0 Å². The minimum atomic E-state index is -0.183. The van der Waals surface area contributed by atoms with Crippen molar-refractivity contribution in [2.45, 2.75) is 25.8 Å². The van der Waals surface area contributed by atoms with Crippen LogP contribution in [0.25, 0.3) is 0 Å². The summed E-state index contributed by atoms with van der Waals surface area (Å²) in [4.78, 5) is 18.9. The second-order valence-corrected chi connectivity index (χ2v) is 7.51. The molecule has 0 spiro atoms. The molecule has 2 aromatic rings. The number of anilines is 1. The molecule has 1 N–H and O–H groups in total. The fourth-order valence-electron chi connectivity index (χ4n) is 3.37. The molecule has 1 aromatic heterocycles. The number of hydrogen-bond acceptors (Lipinski definition) is 6. The molecular formula is C19H23N3O3S. The Morgan fingerprint density at radius 1 is 1.27 bits per heavy atom. The van der Waals surface area contributed by atoms with Crippen LogP contribution in [0.1, 0.15) is 23.2 Å². The molecule has 2 aliphatic rings. The number of aromatic nitrogens is 1. The topological polar surface area (TPSA) is 63.7 Å². The number of benzene rings is 1. The van der Waals surface area contributed by atoms with Gasteiger partial charge in [0.2, 0.25) is 0 Å². The predicted octanol–water partition coefficient (Wildman–Crippen LogP) is 2.48. The van der Waals surface area contributed by atoms with Crippen LogP contribution in [0.5, 0.6) is 5.75 Å². The highest BCUT2D eigenvalue weighted by molar-refractivity contribution is 7.13. The second-order valence-electron chi connectivity index (χ2n) is 6.65. The molecule has 1 amide bonds. The number of rotatable bonds is 6. The Labute approximate surface area is 157 Å². The van der Waals surface area contributed by atoms with Crippen molar-refractivity contribution >= 4 is 22.4 Å². The van der Waals surface area contributed by atoms with Gasteiger partial charge in [0.1, 0.15) is 5.75 Å². The van der Waals surface area contributed by atoms with Crippen molar-refractivity contribution in [1.29, 1.82) is 0 Å². The third kappa shape index (κ3) is 4.41. The van der Waals surface area contributed by atoms with E-state index in [-0.39, 0.29) is 12.5 Å². The molecule has 6 nitrogen and oxygen atoms in total. The lowest BCUT2D eigenvalue weighted by Gasteiger charge is -2.25. The maximum Gasteiger partial charge on any atom is 0.264 e. The summed E-state index contributed by atoms with van der Waals surface area (Å²) in [5.74, 6) is 0.575. The smallest absolute Gasteiger partial charge is 0.264 e. The Balaban J connectivity index is 1.25. The number of amides is 1. The first-order valence-corrected chi connectivity index (χ1v) is 9.93. The van der Waals surface area contributed by atoms with Gasteiger partial charge in [0.05, 0.1) is 18.9 Å². The van der Waals surface area contributed by atoms with Gasteiger partial charge in [-0.1, -0.05) is 6.07 Å². The highest BCUT2D eigenvalue weighted by atomic mass is 32.1. The first kappa shape index (κ1) is 17.5. The van der Waals surface area contributed by atoms with Crippen LogP contribution < -0.4 is 10.1 Å². The lowest BCUT2D eigenvalue weighted by atomic mass is 10.1. The molecule has 26 heavy (non-hydrogen) atoms. The maximum absolute atomic E-state index is 12.1. The molecule has 1 aliphatic carbocycles. The van der Waals surface area contributed by atoms with Crippen molar-refractivity contribution in [2.24, 2.45) is 0 Å². The van der Waals surface area contributed by atoms with E-state index in [0.29, 0.717) is 5.13 Å². The Kier molecular flexibility index (Phi) is 5.48. The van der Waals surface area contributed by atoms with Gasteiger partial charge in [-0.25, -0.2) is 4.98 Å². The van der Waals surface area contributed by atoms with E-state index in [1.54, 1.807) is 0 Å². The standard InChI is InChI=1S/C19H23N3O3S/c23-18(12-25-17-5-4-14-2-1-3-15(14)10-17)21-19-20-16(13-26-19)11-22-6-8-24-9-7-22/h4-5,10,13H,1-3,6-9,11-12H2,(H,20,21,23). The van der Waals surface area contributed by atoms with Crippen LogP contribution in [0.4, 0.5) is 5.13 Å². The number of nitrogens with zero attached hydrogens (tertiary/aromatic N) is 2. The van der Waals surface area contributed by atoms with Crippen molar-refractivity contribution in [3.63, 3.8) is 0 Å². The zero-order valence-corrected chi connectivity index (χ0v) is 15.5. The van der Waals surface area contributed by atoms with Crippen LogP contribution in [0.3, 0.4) is 0 Å². The fourth-order valence-corrected chi connectivity index (χ4v) is 4.09. The average molecular weight is 373 g/mol. The average Bonchev–Trinajstić information content (AvgIpc) is 3.29. The first-order valence-electron chi connectivity index (χ1n) is 9.05. The summed E-state index contributed by atoms with van der Waals surface area (Å²) in [5.41, 5.74) is 3.72. The molecule has 0 unspecified atom stereocenters. The number of morpholine rings is 1. The number of hydrogen-bond donors (Lipinski definition) is 1. The number of fused-ring (bicyclic) bond motifs is 1. The molecule has 0 saturated carbocycles. The highest BCUT2D eigenvalue weighted by Crippen LogP contribution is 2.26. The summed E-state index contributed by atoms with van der Waals surface area (Å²) in [6, 6.07) is 6.11. The molecule has 4 rings (SSSR count). The highest BCUT2D eigenvalue weighted by Gasteiger charge is 2.14. The van der Waals surface area contributed by atoms with Gasteiger partial charge < -0.3 is 9.47 Å². The van der Waals surface area contributed by atoms with Gasteiger partial charge in [-0.15, -0.1) is 11.3 Å². The second kappa shape index (κ2) is 8.16. The quantitative estimate of drug-likeness (QED) is 0.843. The Morgan fingerprint density at radius 2 is 2.12 bits per heavy atom. The van der Waals surface area contributed by atoms with E-state index < -0.39 is 0 Å². The van der Waals surface area contributed by atoms with Gasteiger partial charge >= 0.3 is 0 Å². The van der Waals surface area contributed by atoms with E-state index in [9.17, 15) is 4.79 Å². The van der Waals surface area contributed by atoms with Crippen molar-refractivity contribution in [3.05, 3.63) is 40.4 Å². The van der Waals surface area contributed by atoms with Gasteiger partial charge in [0, 0.05) is 25.0 Å². The van der Waals surface area contributed by atoms with Crippen molar-refractivity contribution in [1.82, 2.24) is 9.88 Å². The summed E-state index contributed by atoms with van der Waals surface area (Å²) < 4.78 is 11.0. The molecule has 1 aliphatic heterocycles. The molecule has 138 valence electrons. The SMILES string of the molecule is O=C(COc1ccc2c(c1)CCC2)Nc1nc(CN2CCOCC2)cs1. The number of carbonyl (C=O) groups is 1. The minimum absolute atomic E-state index is 0.00281. The molecule has 1 aromatic carbocycles. The Hall–Kier alpha value is -1.96. The van der Waals surface area contributed by atoms with Crippen LogP contribution >= 0.6 is 11.3 Å². The molecule has 1 fully saturated rings. The molecule has 0 atom stereocenters. The Bertz CT molecular complexity index is 771. The Morgan fingerprint density at radius 3 is 3.00 bits per heavy atom. The summed E-state index contributed by atoms with van der Waals surface area (Å²) in [7, 11) is 0. The number of aryl methyl sites for hydroxylation is 2. The minimum Gasteiger partial charge on any atom is -0.484 e. The van der Waals surface area contributed by atoms with Gasteiger partial charge in [0.15, 0.2) is 11.7 Å². The summed E-state index contributed by atoms with van der Waals surface area (Å²) in [6.07, 6.45) is 3.45. The first-order chi connectivity index (χ1) is 12.8. The van der Waals surface area contributed by atoms with E-state index >= 15 is 0 Å². The van der Waals surface area contributed by atoms with Crippen molar-refractivity contribution < 1.29 is 14.3 Å². The maximum atomic E-state index is 12.1. The number of nitrogens with one attached hydrogen (secondary N) is 1. The number of thiazole rings is 1. The number of ether oxygens (including phenoxy) is 2. The van der Waals surface area contributed by atoms with E-state index in [4.69, 9.17) is 9.47 Å². The molecular weight excluding hydrogens is 350 g/mol. The molecule has 0 radical (unpaired) electrons. The van der Waals surface area contributed by atoms with E-state index in [2.05, 4.69) is 27.3 Å². The van der Waals surface area contributed by atoms with E-state index in [1.807, 2.05) is 11.4 Å². The zero-order chi connectivity index (χ0) is 17.8. The molecule has 7 heteroatoms. The summed E-state index contributed by atoms with van der Waals surface area (Å²) >= 11 is 1.45. The lowest BCUT2D eigenvalue weighted by molar-refractivity contribution is -0.118. The van der Waals surface area contributed by atoms with E-state index in [1.165, 1.54) is 28.9 Å². The third-order valence-corrected chi connectivity index (χ3v) is 5.53. The lowest BCUT2D eigenvalue weighted by Crippen LogP contribution is -2.35. The van der Waals surface area contributed by atoms with Crippen LogP contribution in [0, 0.1) is 0 Å². The largest absolute Gasteiger partial charge is 0.484 e. The van der Waals surface area contributed by atoms with Crippen LogP contribution in [0.2, 0.25) is 0 Å². The van der Waals surface area contributed by atoms with Crippen LogP contribution in [-0.2, 0) is 28.9 Å². The molecule has 0 bridgehead atoms. The predicted molar refractivity (Wildman–Crippen MR) is 101 cm³/mol. The van der Waals surface area contributed by atoms with Gasteiger partial charge in [-0.2, -0.15) is 0 Å². The van der Waals surface area contributed by atoms with Crippen LogP contribution in [0.15, 0.2) is 23.6 Å².